The Morgan fingerprint density at radius 3 is 2.33 bits per heavy atom. The lowest BCUT2D eigenvalue weighted by Crippen LogP contribution is -2.37. The Labute approximate surface area is 151 Å². The van der Waals surface area contributed by atoms with Gasteiger partial charge in [-0.15, -0.1) is 12.4 Å². The largest absolute Gasteiger partial charge is 0.399 e. The number of nitrogen functional groups attached to an aromatic ring is 1. The molecule has 0 heterocycles. The van der Waals surface area contributed by atoms with Gasteiger partial charge in [-0.2, -0.15) is 0 Å². The van der Waals surface area contributed by atoms with Crippen LogP contribution in [0.3, 0.4) is 0 Å². The third-order valence-corrected chi connectivity index (χ3v) is 4.30. The summed E-state index contributed by atoms with van der Waals surface area (Å²) in [6, 6.07) is 18.2. The van der Waals surface area contributed by atoms with Crippen LogP contribution >= 0.6 is 12.4 Å². The van der Waals surface area contributed by atoms with Gasteiger partial charge in [-0.3, -0.25) is 4.79 Å². The Morgan fingerprint density at radius 2 is 1.71 bits per heavy atom. The number of rotatable bonds is 7. The van der Waals surface area contributed by atoms with Crippen molar-refractivity contribution in [3.63, 3.8) is 0 Å². The van der Waals surface area contributed by atoms with Crippen molar-refractivity contribution >= 4 is 24.0 Å². The molecular formula is C20H27ClN2O. The van der Waals surface area contributed by atoms with Crippen LogP contribution in [0.4, 0.5) is 5.69 Å². The lowest BCUT2D eigenvalue weighted by molar-refractivity contribution is -0.134. The van der Waals surface area contributed by atoms with Gasteiger partial charge in [-0.05, 0) is 37.0 Å². The maximum Gasteiger partial charge on any atom is 0.223 e. The van der Waals surface area contributed by atoms with Crippen LogP contribution in [0.15, 0.2) is 54.6 Å². The van der Waals surface area contributed by atoms with Crippen molar-refractivity contribution < 1.29 is 4.79 Å². The number of carbonyl (C=O) groups excluding carboxylic acids is 1. The zero-order chi connectivity index (χ0) is 16.7. The smallest absolute Gasteiger partial charge is 0.223 e. The minimum atomic E-state index is 0. The highest BCUT2D eigenvalue weighted by molar-refractivity contribution is 5.85. The molecule has 4 heteroatoms. The summed E-state index contributed by atoms with van der Waals surface area (Å²) >= 11 is 0. The molecule has 0 aliphatic heterocycles. The van der Waals surface area contributed by atoms with E-state index in [9.17, 15) is 4.79 Å². The average molecular weight is 347 g/mol. The molecule has 130 valence electrons. The minimum absolute atomic E-state index is 0. The summed E-state index contributed by atoms with van der Waals surface area (Å²) in [6.07, 6.45) is 2.13. The molecule has 0 bridgehead atoms. The van der Waals surface area contributed by atoms with Gasteiger partial charge in [0.2, 0.25) is 5.91 Å². The molecule has 0 spiro atoms. The van der Waals surface area contributed by atoms with Crippen molar-refractivity contribution in [3.8, 4) is 0 Å². The molecule has 2 aromatic rings. The van der Waals surface area contributed by atoms with Crippen LogP contribution in [0.2, 0.25) is 0 Å². The third-order valence-electron chi connectivity index (χ3n) is 4.30. The molecule has 0 aromatic heterocycles. The number of nitrogens with zero attached hydrogens (tertiary/aromatic N) is 1. The highest BCUT2D eigenvalue weighted by atomic mass is 35.5. The van der Waals surface area contributed by atoms with Crippen LogP contribution in [0.25, 0.3) is 0 Å². The van der Waals surface area contributed by atoms with Crippen LogP contribution in [0.5, 0.6) is 0 Å². The Kier molecular flexibility index (Phi) is 8.34. The van der Waals surface area contributed by atoms with Gasteiger partial charge in [-0.1, -0.05) is 55.5 Å². The first-order valence-electron chi connectivity index (χ1n) is 8.28. The fourth-order valence-electron chi connectivity index (χ4n) is 2.64. The van der Waals surface area contributed by atoms with Crippen LogP contribution < -0.4 is 5.73 Å². The fraction of sp³-hybridized carbons (Fsp3) is 0.350. The van der Waals surface area contributed by atoms with Crippen LogP contribution in [-0.4, -0.2) is 16.8 Å². The maximum absolute atomic E-state index is 12.7. The third kappa shape index (κ3) is 5.57. The number of carbonyl (C=O) groups is 1. The molecule has 1 atom stereocenters. The molecule has 1 unspecified atom stereocenters. The number of hydrogen-bond acceptors (Lipinski definition) is 2. The van der Waals surface area contributed by atoms with E-state index in [4.69, 9.17) is 5.73 Å². The summed E-state index contributed by atoms with van der Waals surface area (Å²) in [5, 5.41) is 0. The van der Waals surface area contributed by atoms with Gasteiger partial charge in [0, 0.05) is 24.7 Å². The van der Waals surface area contributed by atoms with Gasteiger partial charge < -0.3 is 10.6 Å². The molecule has 24 heavy (non-hydrogen) atoms. The molecule has 0 fully saturated rings. The highest BCUT2D eigenvalue weighted by Crippen LogP contribution is 2.16. The van der Waals surface area contributed by atoms with E-state index in [0.717, 1.165) is 17.7 Å². The zero-order valence-corrected chi connectivity index (χ0v) is 15.3. The number of anilines is 1. The quantitative estimate of drug-likeness (QED) is 0.753. The number of para-hydroxylation sites is 1. The first kappa shape index (κ1) is 20.0. The minimum Gasteiger partial charge on any atom is -0.399 e. The van der Waals surface area contributed by atoms with E-state index in [-0.39, 0.29) is 24.4 Å². The monoisotopic (exact) mass is 346 g/mol. The molecule has 0 radical (unpaired) electrons. The van der Waals surface area contributed by atoms with Crippen molar-refractivity contribution in [1.82, 2.24) is 4.90 Å². The highest BCUT2D eigenvalue weighted by Gasteiger charge is 2.19. The molecule has 0 aliphatic rings. The van der Waals surface area contributed by atoms with E-state index in [2.05, 4.69) is 26.0 Å². The first-order chi connectivity index (χ1) is 11.1. The van der Waals surface area contributed by atoms with Crippen molar-refractivity contribution in [1.29, 1.82) is 0 Å². The number of nitrogens with two attached hydrogens (primary N) is 1. The topological polar surface area (TPSA) is 46.3 Å². The molecule has 1 amide bonds. The second-order valence-electron chi connectivity index (χ2n) is 5.96. The van der Waals surface area contributed by atoms with Crippen LogP contribution in [0, 0.1) is 0 Å². The van der Waals surface area contributed by atoms with Gasteiger partial charge in [0.15, 0.2) is 0 Å². The molecule has 2 aromatic carbocycles. The molecular weight excluding hydrogens is 320 g/mol. The summed E-state index contributed by atoms with van der Waals surface area (Å²) in [5.74, 6) is 0.187. The van der Waals surface area contributed by atoms with Gasteiger partial charge in [0.1, 0.15) is 0 Å². The predicted molar refractivity (Wildman–Crippen MR) is 103 cm³/mol. The average Bonchev–Trinajstić information content (AvgIpc) is 2.59. The molecule has 0 saturated heterocycles. The Hall–Kier alpha value is -2.00. The van der Waals surface area contributed by atoms with Crippen molar-refractivity contribution in [3.05, 3.63) is 65.7 Å². The fourth-order valence-corrected chi connectivity index (χ4v) is 2.64. The number of benzene rings is 2. The summed E-state index contributed by atoms with van der Waals surface area (Å²) in [6.45, 7) is 4.89. The van der Waals surface area contributed by atoms with Crippen molar-refractivity contribution in [2.24, 2.45) is 0 Å². The number of amides is 1. The Balaban J connectivity index is 0.00000288. The van der Waals surface area contributed by atoms with E-state index >= 15 is 0 Å². The molecule has 2 rings (SSSR count). The standard InChI is InChI=1S/C20H26N2O.ClH/c1-3-16(2)22(15-17-9-5-4-6-10-17)20(23)14-13-18-11-7-8-12-19(18)21;/h4-12,16H,3,13-15,21H2,1-2H3;1H. The second-order valence-corrected chi connectivity index (χ2v) is 5.96. The van der Waals surface area contributed by atoms with Crippen molar-refractivity contribution in [2.45, 2.75) is 45.7 Å². The van der Waals surface area contributed by atoms with Gasteiger partial charge in [-0.25, -0.2) is 0 Å². The lowest BCUT2D eigenvalue weighted by Gasteiger charge is -2.29. The molecule has 3 nitrogen and oxygen atoms in total. The van der Waals surface area contributed by atoms with E-state index in [1.807, 2.05) is 47.4 Å². The maximum atomic E-state index is 12.7. The normalized spacial score (nSPS) is 11.4. The predicted octanol–water partition coefficient (Wildman–Crippen LogP) is 4.45. The second kappa shape index (κ2) is 9.99. The van der Waals surface area contributed by atoms with Gasteiger partial charge >= 0.3 is 0 Å². The van der Waals surface area contributed by atoms with E-state index < -0.39 is 0 Å². The zero-order valence-electron chi connectivity index (χ0n) is 14.4. The van der Waals surface area contributed by atoms with Gasteiger partial charge in [0.05, 0.1) is 0 Å². The van der Waals surface area contributed by atoms with E-state index in [1.165, 1.54) is 5.56 Å². The van der Waals surface area contributed by atoms with Crippen LogP contribution in [0.1, 0.15) is 37.8 Å². The first-order valence-corrected chi connectivity index (χ1v) is 8.28. The Bertz CT molecular complexity index is 631. The van der Waals surface area contributed by atoms with Gasteiger partial charge in [0.25, 0.3) is 0 Å². The summed E-state index contributed by atoms with van der Waals surface area (Å²) in [7, 11) is 0. The summed E-state index contributed by atoms with van der Waals surface area (Å²) in [5.41, 5.74) is 8.94. The number of aryl methyl sites for hydroxylation is 1. The number of hydrogen-bond donors (Lipinski definition) is 1. The van der Waals surface area contributed by atoms with E-state index in [1.54, 1.807) is 0 Å². The lowest BCUT2D eigenvalue weighted by atomic mass is 10.1. The van der Waals surface area contributed by atoms with E-state index in [0.29, 0.717) is 19.4 Å². The van der Waals surface area contributed by atoms with Crippen LogP contribution in [-0.2, 0) is 17.8 Å². The van der Waals surface area contributed by atoms with Crippen molar-refractivity contribution in [2.75, 3.05) is 5.73 Å². The summed E-state index contributed by atoms with van der Waals surface area (Å²) in [4.78, 5) is 14.7. The molecule has 2 N–H and O–H groups in total. The summed E-state index contributed by atoms with van der Waals surface area (Å²) < 4.78 is 0. The molecule has 0 aliphatic carbocycles. The Morgan fingerprint density at radius 1 is 1.08 bits per heavy atom. The molecule has 0 saturated carbocycles. The number of halogens is 1. The SMILES string of the molecule is CCC(C)N(Cc1ccccc1)C(=O)CCc1ccccc1N.Cl.